The molecule has 0 amide bonds. The normalized spacial score (nSPS) is 13.3. The highest BCUT2D eigenvalue weighted by Gasteiger charge is 2.18. The fourth-order valence-electron chi connectivity index (χ4n) is 2.56. The van der Waals surface area contributed by atoms with Gasteiger partial charge in [-0.15, -0.1) is 11.3 Å². The molecule has 0 fully saturated rings. The largest absolute Gasteiger partial charge is 0.497 e. The second kappa shape index (κ2) is 7.70. The average Bonchev–Trinajstić information content (AvgIpc) is 3.17. The van der Waals surface area contributed by atoms with Gasteiger partial charge in [0.2, 0.25) is 0 Å². The predicted octanol–water partition coefficient (Wildman–Crippen LogP) is 3.93. The monoisotopic (exact) mass is 356 g/mol. The summed E-state index contributed by atoms with van der Waals surface area (Å²) >= 11 is 1.40. The van der Waals surface area contributed by atoms with E-state index in [0.29, 0.717) is 0 Å². The maximum absolute atomic E-state index is 10.6. The van der Waals surface area contributed by atoms with Gasteiger partial charge in [0.25, 0.3) is 0 Å². The number of aliphatic hydroxyl groups excluding tert-OH is 2. The number of ether oxygens (including phenoxy) is 2. The minimum atomic E-state index is -0.729. The minimum absolute atomic E-state index is 0.729. The lowest BCUT2D eigenvalue weighted by atomic mass is 10.1. The number of rotatable bonds is 6. The third-order valence-corrected chi connectivity index (χ3v) is 5.24. The number of hydrogen-bond acceptors (Lipinski definition) is 5. The molecule has 2 atom stereocenters. The first-order chi connectivity index (χ1) is 12.1. The van der Waals surface area contributed by atoms with Gasteiger partial charge in [-0.25, -0.2) is 0 Å². The van der Waals surface area contributed by atoms with E-state index in [1.54, 1.807) is 14.2 Å². The molecular weight excluding hydrogens is 336 g/mol. The van der Waals surface area contributed by atoms with Gasteiger partial charge in [-0.3, -0.25) is 0 Å². The Morgan fingerprint density at radius 3 is 1.32 bits per heavy atom. The van der Waals surface area contributed by atoms with Crippen molar-refractivity contribution in [2.75, 3.05) is 14.2 Å². The van der Waals surface area contributed by atoms with Crippen molar-refractivity contribution in [3.63, 3.8) is 0 Å². The van der Waals surface area contributed by atoms with E-state index in [4.69, 9.17) is 9.47 Å². The van der Waals surface area contributed by atoms with Gasteiger partial charge in [-0.2, -0.15) is 0 Å². The number of benzene rings is 2. The molecule has 0 unspecified atom stereocenters. The van der Waals surface area contributed by atoms with Gasteiger partial charge in [0.05, 0.1) is 14.2 Å². The molecular formula is C20H20O4S. The first-order valence-electron chi connectivity index (χ1n) is 7.86. The van der Waals surface area contributed by atoms with Crippen molar-refractivity contribution in [2.24, 2.45) is 0 Å². The molecule has 0 radical (unpaired) electrons. The summed E-state index contributed by atoms with van der Waals surface area (Å²) in [4.78, 5) is 1.57. The molecule has 0 aliphatic carbocycles. The molecule has 0 aliphatic heterocycles. The average molecular weight is 356 g/mol. The summed E-state index contributed by atoms with van der Waals surface area (Å²) < 4.78 is 10.3. The summed E-state index contributed by atoms with van der Waals surface area (Å²) in [6.45, 7) is 0. The third-order valence-electron chi connectivity index (χ3n) is 4.05. The molecule has 0 bridgehead atoms. The Morgan fingerprint density at radius 1 is 0.640 bits per heavy atom. The highest BCUT2D eigenvalue weighted by molar-refractivity contribution is 7.12. The number of aliphatic hydroxyl groups is 2. The van der Waals surface area contributed by atoms with Crippen LogP contribution in [-0.4, -0.2) is 24.4 Å². The Labute approximate surface area is 150 Å². The van der Waals surface area contributed by atoms with Gasteiger partial charge in [0, 0.05) is 9.75 Å². The zero-order valence-corrected chi connectivity index (χ0v) is 14.9. The van der Waals surface area contributed by atoms with E-state index < -0.39 is 12.2 Å². The predicted molar refractivity (Wildman–Crippen MR) is 98.4 cm³/mol. The lowest BCUT2D eigenvalue weighted by Gasteiger charge is -2.11. The summed E-state index contributed by atoms with van der Waals surface area (Å²) in [5.74, 6) is 1.50. The van der Waals surface area contributed by atoms with E-state index in [1.807, 2.05) is 60.7 Å². The molecule has 4 nitrogen and oxygen atoms in total. The number of methoxy groups -OCH3 is 2. The Kier molecular flexibility index (Phi) is 5.38. The third kappa shape index (κ3) is 3.85. The Bertz CT molecular complexity index is 740. The lowest BCUT2D eigenvalue weighted by molar-refractivity contribution is 0.223. The summed E-state index contributed by atoms with van der Waals surface area (Å²) in [6.07, 6.45) is -1.46. The number of thiophene rings is 1. The fraction of sp³-hybridized carbons (Fsp3) is 0.200. The Morgan fingerprint density at radius 2 is 1.00 bits per heavy atom. The van der Waals surface area contributed by atoms with Gasteiger partial charge < -0.3 is 19.7 Å². The van der Waals surface area contributed by atoms with E-state index in [9.17, 15) is 10.2 Å². The first kappa shape index (κ1) is 17.5. The van der Waals surface area contributed by atoms with Crippen LogP contribution < -0.4 is 9.47 Å². The van der Waals surface area contributed by atoms with Gasteiger partial charge in [-0.1, -0.05) is 24.3 Å². The molecule has 5 heteroatoms. The minimum Gasteiger partial charge on any atom is -0.497 e. The summed E-state index contributed by atoms with van der Waals surface area (Å²) in [5.41, 5.74) is 1.57. The smallest absolute Gasteiger partial charge is 0.118 e. The SMILES string of the molecule is COc1ccc([C@@H](O)c2ccc([C@H](O)c3ccc(OC)cc3)s2)cc1. The summed E-state index contributed by atoms with van der Waals surface area (Å²) in [7, 11) is 3.22. The standard InChI is InChI=1S/C20H20O4S/c1-23-15-7-3-13(4-8-15)19(21)17-11-12-18(25-17)20(22)14-5-9-16(24-2)10-6-14/h3-12,19-22H,1-2H3/t19-,20-/m1/s1. The van der Waals surface area contributed by atoms with Gasteiger partial charge in [-0.05, 0) is 47.5 Å². The van der Waals surface area contributed by atoms with Crippen LogP contribution in [0.5, 0.6) is 11.5 Å². The van der Waals surface area contributed by atoms with E-state index in [2.05, 4.69) is 0 Å². The van der Waals surface area contributed by atoms with Crippen molar-refractivity contribution in [3.8, 4) is 11.5 Å². The van der Waals surface area contributed by atoms with Crippen molar-refractivity contribution in [2.45, 2.75) is 12.2 Å². The van der Waals surface area contributed by atoms with E-state index in [1.165, 1.54) is 11.3 Å². The fourth-order valence-corrected chi connectivity index (χ4v) is 3.60. The Balaban J connectivity index is 1.78. The van der Waals surface area contributed by atoms with Crippen LogP contribution >= 0.6 is 11.3 Å². The van der Waals surface area contributed by atoms with Gasteiger partial charge >= 0.3 is 0 Å². The highest BCUT2D eigenvalue weighted by atomic mass is 32.1. The quantitative estimate of drug-likeness (QED) is 0.703. The molecule has 0 aliphatic rings. The molecule has 1 heterocycles. The van der Waals surface area contributed by atoms with E-state index in [-0.39, 0.29) is 0 Å². The molecule has 0 spiro atoms. The van der Waals surface area contributed by atoms with Crippen LogP contribution in [0.1, 0.15) is 33.1 Å². The zero-order chi connectivity index (χ0) is 17.8. The molecule has 3 rings (SSSR count). The maximum Gasteiger partial charge on any atom is 0.118 e. The molecule has 130 valence electrons. The van der Waals surface area contributed by atoms with Crippen molar-refractivity contribution in [1.29, 1.82) is 0 Å². The van der Waals surface area contributed by atoms with E-state index in [0.717, 1.165) is 32.4 Å². The second-order valence-electron chi connectivity index (χ2n) is 5.59. The van der Waals surface area contributed by atoms with Crippen LogP contribution in [0.2, 0.25) is 0 Å². The zero-order valence-electron chi connectivity index (χ0n) is 14.0. The number of hydrogen-bond donors (Lipinski definition) is 2. The van der Waals surface area contributed by atoms with Crippen LogP contribution in [0.4, 0.5) is 0 Å². The topological polar surface area (TPSA) is 58.9 Å². The molecule has 2 N–H and O–H groups in total. The molecule has 2 aromatic carbocycles. The van der Waals surface area contributed by atoms with Crippen LogP contribution in [0, 0.1) is 0 Å². The van der Waals surface area contributed by atoms with Crippen molar-refractivity contribution in [3.05, 3.63) is 81.5 Å². The van der Waals surface area contributed by atoms with Crippen LogP contribution in [0.15, 0.2) is 60.7 Å². The molecule has 1 aromatic heterocycles. The van der Waals surface area contributed by atoms with Crippen molar-refractivity contribution in [1.82, 2.24) is 0 Å². The van der Waals surface area contributed by atoms with Gasteiger partial charge in [0.15, 0.2) is 0 Å². The molecule has 3 aromatic rings. The summed E-state index contributed by atoms with van der Waals surface area (Å²) in [5, 5.41) is 21.1. The maximum atomic E-state index is 10.6. The van der Waals surface area contributed by atoms with Crippen molar-refractivity contribution >= 4 is 11.3 Å². The van der Waals surface area contributed by atoms with E-state index >= 15 is 0 Å². The first-order valence-corrected chi connectivity index (χ1v) is 8.67. The molecule has 25 heavy (non-hydrogen) atoms. The second-order valence-corrected chi connectivity index (χ2v) is 6.74. The van der Waals surface area contributed by atoms with Gasteiger partial charge in [0.1, 0.15) is 23.7 Å². The van der Waals surface area contributed by atoms with Crippen LogP contribution in [0.25, 0.3) is 0 Å². The Hall–Kier alpha value is -2.34. The van der Waals surface area contributed by atoms with Crippen LogP contribution in [-0.2, 0) is 0 Å². The molecule has 0 saturated carbocycles. The van der Waals surface area contributed by atoms with Crippen molar-refractivity contribution < 1.29 is 19.7 Å². The highest BCUT2D eigenvalue weighted by Crippen LogP contribution is 2.34. The summed E-state index contributed by atoms with van der Waals surface area (Å²) in [6, 6.07) is 18.3. The lowest BCUT2D eigenvalue weighted by Crippen LogP contribution is -1.98. The van der Waals surface area contributed by atoms with Crippen LogP contribution in [0.3, 0.4) is 0 Å². The molecule has 0 saturated heterocycles.